The molecule has 0 radical (unpaired) electrons. The molecule has 2 aromatic heterocycles. The van der Waals surface area contributed by atoms with Crippen molar-refractivity contribution in [3.8, 4) is 0 Å². The molecule has 0 unspecified atom stereocenters. The molecule has 0 amide bonds. The van der Waals surface area contributed by atoms with E-state index in [2.05, 4.69) is 73.1 Å². The van der Waals surface area contributed by atoms with Crippen LogP contribution in [-0.4, -0.2) is 19.1 Å². The molecule has 4 heteroatoms. The first kappa shape index (κ1) is 17.0. The Balaban J connectivity index is 1.69. The summed E-state index contributed by atoms with van der Waals surface area (Å²) in [6, 6.07) is 20.7. The van der Waals surface area contributed by atoms with Gasteiger partial charge in [0.2, 0.25) is 11.2 Å². The highest BCUT2D eigenvalue weighted by Crippen LogP contribution is 2.20. The van der Waals surface area contributed by atoms with Crippen molar-refractivity contribution in [2.75, 3.05) is 24.7 Å². The Labute approximate surface area is 159 Å². The third kappa shape index (κ3) is 3.34. The quantitative estimate of drug-likeness (QED) is 0.446. The van der Waals surface area contributed by atoms with E-state index in [1.807, 2.05) is 30.3 Å². The molecule has 2 heterocycles. The van der Waals surface area contributed by atoms with Crippen LogP contribution in [0.2, 0.25) is 0 Å². The third-order valence-corrected chi connectivity index (χ3v) is 4.87. The van der Waals surface area contributed by atoms with E-state index >= 15 is 0 Å². The van der Waals surface area contributed by atoms with Crippen LogP contribution in [0, 0.1) is 0 Å². The number of benzene rings is 2. The van der Waals surface area contributed by atoms with Crippen molar-refractivity contribution in [1.29, 1.82) is 0 Å². The van der Waals surface area contributed by atoms with Crippen LogP contribution in [0.5, 0.6) is 0 Å². The standard InChI is InChI=1S/C23H22N4/c1-26(2)21-11-13-23-17(15-21)5-9-20(27(23)3)10-8-19-7-4-16-14-18(24)6-12-22(16)25-19/h4-15,24H,1-3H3/p+1. The molecule has 0 fully saturated rings. The van der Waals surface area contributed by atoms with Crippen LogP contribution in [0.15, 0.2) is 60.7 Å². The molecule has 0 aliphatic rings. The second-order valence-electron chi connectivity index (χ2n) is 6.98. The van der Waals surface area contributed by atoms with E-state index in [4.69, 9.17) is 10.7 Å². The van der Waals surface area contributed by atoms with Gasteiger partial charge in [-0.15, -0.1) is 0 Å². The zero-order valence-corrected chi connectivity index (χ0v) is 15.8. The van der Waals surface area contributed by atoms with Crippen molar-refractivity contribution in [3.05, 3.63) is 72.1 Å². The third-order valence-electron chi connectivity index (χ3n) is 4.87. The summed E-state index contributed by atoms with van der Waals surface area (Å²) < 4.78 is 2.20. The number of aryl methyl sites for hydroxylation is 1. The number of nitrogens with zero attached hydrogens (tertiary/aromatic N) is 3. The minimum Gasteiger partial charge on any atom is -0.399 e. The van der Waals surface area contributed by atoms with E-state index in [1.54, 1.807) is 0 Å². The van der Waals surface area contributed by atoms with Crippen molar-refractivity contribution in [2.24, 2.45) is 7.05 Å². The van der Waals surface area contributed by atoms with Crippen LogP contribution in [0.3, 0.4) is 0 Å². The molecular weight excluding hydrogens is 332 g/mol. The summed E-state index contributed by atoms with van der Waals surface area (Å²) in [6.45, 7) is 0. The first-order chi connectivity index (χ1) is 13.0. The van der Waals surface area contributed by atoms with Gasteiger partial charge in [0, 0.05) is 54.5 Å². The summed E-state index contributed by atoms with van der Waals surface area (Å²) >= 11 is 0. The number of nitrogens with two attached hydrogens (primary N) is 1. The second-order valence-corrected chi connectivity index (χ2v) is 6.98. The van der Waals surface area contributed by atoms with Crippen LogP contribution < -0.4 is 15.2 Å². The molecule has 0 spiro atoms. The Bertz CT molecular complexity index is 1180. The van der Waals surface area contributed by atoms with Crippen molar-refractivity contribution >= 4 is 45.3 Å². The molecule has 4 rings (SSSR count). The molecule has 2 aromatic carbocycles. The van der Waals surface area contributed by atoms with Crippen LogP contribution in [0.4, 0.5) is 11.4 Å². The molecule has 2 N–H and O–H groups in total. The summed E-state index contributed by atoms with van der Waals surface area (Å²) in [6.07, 6.45) is 4.15. The Morgan fingerprint density at radius 2 is 1.70 bits per heavy atom. The van der Waals surface area contributed by atoms with Gasteiger partial charge in [-0.1, -0.05) is 6.07 Å². The number of hydrogen-bond donors (Lipinski definition) is 1. The maximum absolute atomic E-state index is 5.84. The summed E-state index contributed by atoms with van der Waals surface area (Å²) in [7, 11) is 6.21. The minimum atomic E-state index is 0.758. The molecule has 0 bridgehead atoms. The molecule has 0 saturated heterocycles. The van der Waals surface area contributed by atoms with Crippen molar-refractivity contribution in [2.45, 2.75) is 0 Å². The molecule has 0 aliphatic carbocycles. The van der Waals surface area contributed by atoms with Crippen molar-refractivity contribution < 1.29 is 4.57 Å². The molecule has 27 heavy (non-hydrogen) atoms. The number of pyridine rings is 2. The SMILES string of the molecule is CN(C)c1ccc2c(ccc(/C=C/c3ccc4cc(N)ccc4n3)[n+]2C)c1. The van der Waals surface area contributed by atoms with E-state index in [0.717, 1.165) is 28.0 Å². The summed E-state index contributed by atoms with van der Waals surface area (Å²) in [4.78, 5) is 6.81. The molecule has 134 valence electrons. The maximum Gasteiger partial charge on any atom is 0.212 e. The average molecular weight is 355 g/mol. The summed E-state index contributed by atoms with van der Waals surface area (Å²) in [5.74, 6) is 0. The second kappa shape index (κ2) is 6.72. The molecular formula is C23H23N4+. The van der Waals surface area contributed by atoms with Gasteiger partial charge in [0.15, 0.2) is 0 Å². The molecule has 0 atom stereocenters. The number of rotatable bonds is 3. The normalized spacial score (nSPS) is 11.5. The zero-order chi connectivity index (χ0) is 19.0. The van der Waals surface area contributed by atoms with Crippen molar-refractivity contribution in [3.63, 3.8) is 0 Å². The van der Waals surface area contributed by atoms with Gasteiger partial charge in [0.05, 0.1) is 11.2 Å². The first-order valence-electron chi connectivity index (χ1n) is 8.96. The fraction of sp³-hybridized carbons (Fsp3) is 0.130. The van der Waals surface area contributed by atoms with Gasteiger partial charge in [-0.05, 0) is 48.5 Å². The van der Waals surface area contributed by atoms with Gasteiger partial charge in [0.1, 0.15) is 7.05 Å². The highest BCUT2D eigenvalue weighted by molar-refractivity contribution is 5.84. The number of hydrogen-bond acceptors (Lipinski definition) is 3. The fourth-order valence-electron chi connectivity index (χ4n) is 3.28. The number of anilines is 2. The monoisotopic (exact) mass is 355 g/mol. The molecule has 4 aromatic rings. The van der Waals surface area contributed by atoms with E-state index in [1.165, 1.54) is 16.6 Å². The molecule has 0 saturated carbocycles. The molecule has 4 nitrogen and oxygen atoms in total. The summed E-state index contributed by atoms with van der Waals surface area (Å²) in [5.41, 5.74) is 12.0. The predicted molar refractivity (Wildman–Crippen MR) is 115 cm³/mol. The van der Waals surface area contributed by atoms with Gasteiger partial charge < -0.3 is 10.6 Å². The van der Waals surface area contributed by atoms with E-state index < -0.39 is 0 Å². The van der Waals surface area contributed by atoms with Crippen LogP contribution >= 0.6 is 0 Å². The van der Waals surface area contributed by atoms with E-state index in [0.29, 0.717) is 0 Å². The topological polar surface area (TPSA) is 46.0 Å². The lowest BCUT2D eigenvalue weighted by Crippen LogP contribution is -2.32. The van der Waals surface area contributed by atoms with Crippen LogP contribution in [0.1, 0.15) is 11.4 Å². The Morgan fingerprint density at radius 3 is 2.52 bits per heavy atom. The van der Waals surface area contributed by atoms with Crippen LogP contribution in [0.25, 0.3) is 34.0 Å². The Kier molecular flexibility index (Phi) is 4.24. The van der Waals surface area contributed by atoms with Crippen molar-refractivity contribution in [1.82, 2.24) is 4.98 Å². The number of fused-ring (bicyclic) bond motifs is 2. The minimum absolute atomic E-state index is 0.758. The van der Waals surface area contributed by atoms with Gasteiger partial charge in [-0.2, -0.15) is 4.57 Å². The highest BCUT2D eigenvalue weighted by atomic mass is 15.1. The van der Waals surface area contributed by atoms with Gasteiger partial charge in [-0.3, -0.25) is 0 Å². The summed E-state index contributed by atoms with van der Waals surface area (Å²) in [5, 5.41) is 2.28. The average Bonchev–Trinajstić information content (AvgIpc) is 2.67. The van der Waals surface area contributed by atoms with Gasteiger partial charge in [0.25, 0.3) is 0 Å². The lowest BCUT2D eigenvalue weighted by atomic mass is 10.1. The zero-order valence-electron chi connectivity index (χ0n) is 15.8. The van der Waals surface area contributed by atoms with E-state index in [9.17, 15) is 0 Å². The largest absolute Gasteiger partial charge is 0.399 e. The number of aromatic nitrogens is 2. The lowest BCUT2D eigenvalue weighted by Gasteiger charge is -2.12. The van der Waals surface area contributed by atoms with Crippen LogP contribution in [-0.2, 0) is 7.05 Å². The van der Waals surface area contributed by atoms with Gasteiger partial charge >= 0.3 is 0 Å². The number of nitrogen functional groups attached to an aromatic ring is 1. The molecule has 0 aliphatic heterocycles. The predicted octanol–water partition coefficient (Wildman–Crippen LogP) is 4.03. The Morgan fingerprint density at radius 1 is 0.889 bits per heavy atom. The lowest BCUT2D eigenvalue weighted by molar-refractivity contribution is -0.646. The highest BCUT2D eigenvalue weighted by Gasteiger charge is 2.10. The Hall–Kier alpha value is -3.40. The van der Waals surface area contributed by atoms with Gasteiger partial charge in [-0.25, -0.2) is 4.98 Å². The fourth-order valence-corrected chi connectivity index (χ4v) is 3.28. The first-order valence-corrected chi connectivity index (χ1v) is 8.96. The van der Waals surface area contributed by atoms with E-state index in [-0.39, 0.29) is 0 Å². The smallest absolute Gasteiger partial charge is 0.212 e. The maximum atomic E-state index is 5.84.